The van der Waals surface area contributed by atoms with Crippen LogP contribution in [0.2, 0.25) is 0 Å². The van der Waals surface area contributed by atoms with E-state index in [0.717, 1.165) is 12.6 Å². The van der Waals surface area contributed by atoms with Crippen molar-refractivity contribution >= 4 is 11.8 Å². The predicted octanol–water partition coefficient (Wildman–Crippen LogP) is 0.288. The standard InChI is InChI=1S/C17H33N7S/c1-11-19-12-6-2-3-8-14(12)23(11)10-15-20-21-17-24(15)22-16(25-17)13-7-4-5-9-18-13/h11-22H,2-10H2,1H3. The second kappa shape index (κ2) is 7.24. The van der Waals surface area contributed by atoms with Crippen LogP contribution in [0.15, 0.2) is 0 Å². The number of fused-ring (bicyclic) bond motifs is 2. The van der Waals surface area contributed by atoms with Crippen LogP contribution in [0.5, 0.6) is 0 Å². The van der Waals surface area contributed by atoms with E-state index in [-0.39, 0.29) is 0 Å². The van der Waals surface area contributed by atoms with Gasteiger partial charge >= 0.3 is 0 Å². The molecule has 1 saturated carbocycles. The Hall–Kier alpha value is 0.0700. The lowest BCUT2D eigenvalue weighted by Crippen LogP contribution is -2.56. The normalized spacial score (nSPS) is 48.6. The lowest BCUT2D eigenvalue weighted by Gasteiger charge is -2.35. The first-order valence-corrected chi connectivity index (χ1v) is 11.2. The number of hydrazine groups is 2. The van der Waals surface area contributed by atoms with E-state index in [2.05, 4.69) is 43.7 Å². The van der Waals surface area contributed by atoms with E-state index in [4.69, 9.17) is 0 Å². The molecule has 7 atom stereocenters. The monoisotopic (exact) mass is 367 g/mol. The zero-order chi connectivity index (χ0) is 16.8. The van der Waals surface area contributed by atoms with Crippen LogP contribution in [0.4, 0.5) is 0 Å². The molecular formula is C17H33N7S. The van der Waals surface area contributed by atoms with E-state index in [1.165, 1.54) is 51.5 Å². The first-order valence-electron chi connectivity index (χ1n) is 10.3. The molecule has 0 spiro atoms. The fraction of sp³-hybridized carbons (Fsp3) is 1.00. The molecule has 0 amide bonds. The summed E-state index contributed by atoms with van der Waals surface area (Å²) in [6.07, 6.45) is 10.3. The van der Waals surface area contributed by atoms with Gasteiger partial charge in [-0.2, -0.15) is 5.01 Å². The zero-order valence-electron chi connectivity index (χ0n) is 15.2. The van der Waals surface area contributed by atoms with Crippen LogP contribution in [0.25, 0.3) is 0 Å². The van der Waals surface area contributed by atoms with Gasteiger partial charge in [0.1, 0.15) is 11.7 Å². The summed E-state index contributed by atoms with van der Waals surface area (Å²) in [5, 5.41) is 10.4. The van der Waals surface area contributed by atoms with Crippen LogP contribution < -0.4 is 26.9 Å². The van der Waals surface area contributed by atoms with Crippen molar-refractivity contribution in [3.8, 4) is 0 Å². The number of hydrogen-bond donors (Lipinski definition) is 5. The van der Waals surface area contributed by atoms with Crippen molar-refractivity contribution < 1.29 is 0 Å². The maximum Gasteiger partial charge on any atom is 0.137 e. The van der Waals surface area contributed by atoms with Gasteiger partial charge in [-0.05, 0) is 39.2 Å². The van der Waals surface area contributed by atoms with E-state index in [1.54, 1.807) is 0 Å². The van der Waals surface area contributed by atoms with Gasteiger partial charge in [-0.15, -0.1) is 11.8 Å². The summed E-state index contributed by atoms with van der Waals surface area (Å²) in [7, 11) is 0. The Bertz CT molecular complexity index is 474. The summed E-state index contributed by atoms with van der Waals surface area (Å²) in [4.78, 5) is 2.70. The maximum absolute atomic E-state index is 3.82. The Morgan fingerprint density at radius 2 is 1.84 bits per heavy atom. The van der Waals surface area contributed by atoms with Gasteiger partial charge in [0.05, 0.1) is 11.5 Å². The SMILES string of the molecule is CC1NC2CCCCC2N1CC1NNC2SC(C3CCCCN3)NN12. The fourth-order valence-corrected chi connectivity index (χ4v) is 6.75. The third kappa shape index (κ3) is 3.25. The molecular weight excluding hydrogens is 334 g/mol. The Labute approximate surface area is 155 Å². The highest BCUT2D eigenvalue weighted by Crippen LogP contribution is 2.34. The smallest absolute Gasteiger partial charge is 0.137 e. The molecule has 0 bridgehead atoms. The summed E-state index contributed by atoms with van der Waals surface area (Å²) in [5.41, 5.74) is 11.2. The molecule has 7 nitrogen and oxygen atoms in total. The van der Waals surface area contributed by atoms with Gasteiger partial charge in [-0.25, -0.2) is 16.3 Å². The minimum atomic E-state index is 0.330. The molecule has 25 heavy (non-hydrogen) atoms. The molecule has 0 aromatic heterocycles. The maximum atomic E-state index is 3.82. The molecule has 4 saturated heterocycles. The minimum Gasteiger partial charge on any atom is -0.312 e. The highest BCUT2D eigenvalue weighted by molar-refractivity contribution is 8.00. The highest BCUT2D eigenvalue weighted by atomic mass is 32.2. The summed E-state index contributed by atoms with van der Waals surface area (Å²) < 4.78 is 0. The molecule has 5 aliphatic rings. The Morgan fingerprint density at radius 3 is 2.72 bits per heavy atom. The molecule has 4 heterocycles. The Balaban J connectivity index is 1.22. The number of thioether (sulfide) groups is 1. The Morgan fingerprint density at radius 1 is 1.00 bits per heavy atom. The lowest BCUT2D eigenvalue weighted by atomic mass is 9.91. The van der Waals surface area contributed by atoms with Crippen molar-refractivity contribution in [2.75, 3.05) is 13.1 Å². The van der Waals surface area contributed by atoms with E-state index in [1.807, 2.05) is 11.8 Å². The average molecular weight is 368 g/mol. The molecule has 4 aliphatic heterocycles. The number of nitrogens with one attached hydrogen (secondary N) is 5. The molecule has 0 aromatic rings. The van der Waals surface area contributed by atoms with Gasteiger partial charge < -0.3 is 5.32 Å². The first kappa shape index (κ1) is 17.2. The molecule has 0 radical (unpaired) electrons. The largest absolute Gasteiger partial charge is 0.312 e. The van der Waals surface area contributed by atoms with Crippen molar-refractivity contribution in [3.63, 3.8) is 0 Å². The molecule has 142 valence electrons. The average Bonchev–Trinajstić information content (AvgIpc) is 3.30. The van der Waals surface area contributed by atoms with Gasteiger partial charge in [0.2, 0.25) is 0 Å². The zero-order valence-corrected chi connectivity index (χ0v) is 16.0. The van der Waals surface area contributed by atoms with Crippen molar-refractivity contribution in [1.29, 1.82) is 0 Å². The second-order valence-electron chi connectivity index (χ2n) is 8.30. The third-order valence-electron chi connectivity index (χ3n) is 6.72. The highest BCUT2D eigenvalue weighted by Gasteiger charge is 2.47. The predicted molar refractivity (Wildman–Crippen MR) is 101 cm³/mol. The molecule has 5 N–H and O–H groups in total. The van der Waals surface area contributed by atoms with Gasteiger partial charge in [0.15, 0.2) is 0 Å². The van der Waals surface area contributed by atoms with E-state index < -0.39 is 0 Å². The molecule has 8 heteroatoms. The summed E-state index contributed by atoms with van der Waals surface area (Å²) >= 11 is 2.02. The molecule has 7 unspecified atom stereocenters. The number of nitrogens with zero attached hydrogens (tertiary/aromatic N) is 2. The van der Waals surface area contributed by atoms with Crippen LogP contribution in [-0.2, 0) is 0 Å². The van der Waals surface area contributed by atoms with Crippen LogP contribution >= 0.6 is 11.8 Å². The van der Waals surface area contributed by atoms with Crippen molar-refractivity contribution in [3.05, 3.63) is 0 Å². The molecule has 5 rings (SSSR count). The van der Waals surface area contributed by atoms with Crippen molar-refractivity contribution in [2.45, 2.75) is 93.2 Å². The van der Waals surface area contributed by atoms with Gasteiger partial charge in [-0.3, -0.25) is 10.2 Å². The molecule has 0 aromatic carbocycles. The van der Waals surface area contributed by atoms with Gasteiger partial charge in [-0.1, -0.05) is 19.3 Å². The minimum absolute atomic E-state index is 0.330. The van der Waals surface area contributed by atoms with E-state index >= 15 is 0 Å². The quantitative estimate of drug-likeness (QED) is 0.488. The van der Waals surface area contributed by atoms with Gasteiger partial charge in [0, 0.05) is 24.7 Å². The second-order valence-corrected chi connectivity index (χ2v) is 9.53. The van der Waals surface area contributed by atoms with Crippen LogP contribution in [0.1, 0.15) is 51.9 Å². The number of rotatable bonds is 3. The lowest BCUT2D eigenvalue weighted by molar-refractivity contribution is 0.0800. The van der Waals surface area contributed by atoms with Crippen LogP contribution in [0.3, 0.4) is 0 Å². The van der Waals surface area contributed by atoms with E-state index in [9.17, 15) is 0 Å². The van der Waals surface area contributed by atoms with Crippen molar-refractivity contribution in [1.82, 2.24) is 36.8 Å². The first-order chi connectivity index (χ1) is 12.3. The van der Waals surface area contributed by atoms with Crippen molar-refractivity contribution in [2.24, 2.45) is 0 Å². The van der Waals surface area contributed by atoms with Crippen LogP contribution in [-0.4, -0.2) is 64.3 Å². The molecule has 5 fully saturated rings. The number of hydrogen-bond acceptors (Lipinski definition) is 8. The number of piperidine rings is 1. The Kier molecular flexibility index (Phi) is 4.98. The van der Waals surface area contributed by atoms with Crippen LogP contribution in [0, 0.1) is 0 Å². The van der Waals surface area contributed by atoms with Gasteiger partial charge in [0.25, 0.3) is 0 Å². The summed E-state index contributed by atoms with van der Waals surface area (Å²) in [5.74, 6) is 0. The third-order valence-corrected chi connectivity index (χ3v) is 8.05. The molecule has 1 aliphatic carbocycles. The summed E-state index contributed by atoms with van der Waals surface area (Å²) in [6.45, 7) is 4.57. The fourth-order valence-electron chi connectivity index (χ4n) is 5.39. The van der Waals surface area contributed by atoms with E-state index in [0.29, 0.717) is 35.3 Å². The topological polar surface area (TPSA) is 66.6 Å². The summed E-state index contributed by atoms with van der Waals surface area (Å²) in [6, 6.07) is 2.02.